The smallest absolute Gasteiger partial charge is 0.326 e. The van der Waals surface area contributed by atoms with E-state index < -0.39 is 24.0 Å². The lowest BCUT2D eigenvalue weighted by atomic mass is 10.0. The third kappa shape index (κ3) is 17.2. The number of carboxylic acid groups (broad SMARTS) is 2. The normalized spacial score (nSPS) is 12.7. The van der Waals surface area contributed by atoms with Gasteiger partial charge < -0.3 is 26.6 Å². The molecule has 31 heavy (non-hydrogen) atoms. The van der Waals surface area contributed by atoms with E-state index in [0.29, 0.717) is 32.2 Å². The molecule has 0 saturated carbocycles. The maximum absolute atomic E-state index is 11.9. The van der Waals surface area contributed by atoms with E-state index in [-0.39, 0.29) is 11.8 Å². The van der Waals surface area contributed by atoms with Crippen LogP contribution in [0.1, 0.15) is 96.8 Å². The Bertz CT molecular complexity index is 541. The summed E-state index contributed by atoms with van der Waals surface area (Å²) in [5.41, 5.74) is 5.41. The number of carbonyl (C=O) groups is 4. The molecule has 0 aliphatic rings. The Morgan fingerprint density at radius 3 is 1.55 bits per heavy atom. The van der Waals surface area contributed by atoms with Crippen molar-refractivity contribution < 1.29 is 29.4 Å². The largest absolute Gasteiger partial charge is 0.480 e. The molecular weight excluding hydrogens is 402 g/mol. The standard InChI is InChI=1S/C22H41N3O6/c1-17(21(28)29)24-19(26)14-9-7-5-3-2-4-6-8-10-15-20(27)25-18(22(30)31)13-11-12-16-23/h17-18H,2-16,23H2,1H3,(H,24,26)(H,25,27)(H,28,29)(H,30,31)/t17-,18+/m1/s1. The summed E-state index contributed by atoms with van der Waals surface area (Å²) in [4.78, 5) is 45.3. The molecule has 6 N–H and O–H groups in total. The van der Waals surface area contributed by atoms with Crippen LogP contribution < -0.4 is 16.4 Å². The topological polar surface area (TPSA) is 159 Å². The summed E-state index contributed by atoms with van der Waals surface area (Å²) in [5, 5.41) is 22.9. The van der Waals surface area contributed by atoms with Crippen molar-refractivity contribution in [3.63, 3.8) is 0 Å². The lowest BCUT2D eigenvalue weighted by molar-refractivity contribution is -0.142. The highest BCUT2D eigenvalue weighted by Crippen LogP contribution is 2.12. The van der Waals surface area contributed by atoms with E-state index in [1.165, 1.54) is 6.92 Å². The molecule has 0 rings (SSSR count). The fourth-order valence-electron chi connectivity index (χ4n) is 3.20. The lowest BCUT2D eigenvalue weighted by Crippen LogP contribution is -2.40. The molecule has 180 valence electrons. The SMILES string of the molecule is C[C@@H](NC(=O)CCCCCCCCCCCC(=O)N[C@@H](CCCCN)C(=O)O)C(=O)O. The van der Waals surface area contributed by atoms with Gasteiger partial charge in [-0.3, -0.25) is 14.4 Å². The minimum Gasteiger partial charge on any atom is -0.480 e. The van der Waals surface area contributed by atoms with E-state index in [2.05, 4.69) is 10.6 Å². The Morgan fingerprint density at radius 2 is 1.13 bits per heavy atom. The molecular formula is C22H41N3O6. The Kier molecular flexibility index (Phi) is 17.3. The first-order chi connectivity index (χ1) is 14.8. The summed E-state index contributed by atoms with van der Waals surface area (Å²) < 4.78 is 0. The van der Waals surface area contributed by atoms with Gasteiger partial charge in [-0.1, -0.05) is 44.9 Å². The van der Waals surface area contributed by atoms with Crippen LogP contribution in [0.4, 0.5) is 0 Å². The van der Waals surface area contributed by atoms with Gasteiger partial charge in [0, 0.05) is 12.8 Å². The van der Waals surface area contributed by atoms with Crippen molar-refractivity contribution in [3.8, 4) is 0 Å². The second kappa shape index (κ2) is 18.6. The average Bonchev–Trinajstić information content (AvgIpc) is 2.71. The van der Waals surface area contributed by atoms with Gasteiger partial charge >= 0.3 is 11.9 Å². The van der Waals surface area contributed by atoms with Gasteiger partial charge in [-0.15, -0.1) is 0 Å². The highest BCUT2D eigenvalue weighted by atomic mass is 16.4. The molecule has 0 aromatic carbocycles. The minimum absolute atomic E-state index is 0.207. The predicted octanol–water partition coefficient (Wildman–Crippen LogP) is 2.57. The zero-order chi connectivity index (χ0) is 23.5. The van der Waals surface area contributed by atoms with Crippen molar-refractivity contribution in [2.45, 2.75) is 109 Å². The zero-order valence-corrected chi connectivity index (χ0v) is 18.9. The number of unbranched alkanes of at least 4 members (excludes halogenated alkanes) is 9. The fourth-order valence-corrected chi connectivity index (χ4v) is 3.20. The lowest BCUT2D eigenvalue weighted by Gasteiger charge is -2.14. The van der Waals surface area contributed by atoms with Crippen LogP contribution >= 0.6 is 0 Å². The molecule has 9 heteroatoms. The molecule has 0 heterocycles. The summed E-state index contributed by atoms with van der Waals surface area (Å²) in [6.45, 7) is 1.97. The van der Waals surface area contributed by atoms with E-state index in [4.69, 9.17) is 15.9 Å². The van der Waals surface area contributed by atoms with Crippen LogP contribution in [0.3, 0.4) is 0 Å². The maximum Gasteiger partial charge on any atom is 0.326 e. The second-order valence-electron chi connectivity index (χ2n) is 8.05. The molecule has 0 saturated heterocycles. The quantitative estimate of drug-likeness (QED) is 0.181. The molecule has 9 nitrogen and oxygen atoms in total. The summed E-state index contributed by atoms with van der Waals surface area (Å²) >= 11 is 0. The monoisotopic (exact) mass is 443 g/mol. The van der Waals surface area contributed by atoms with E-state index >= 15 is 0 Å². The third-order valence-corrected chi connectivity index (χ3v) is 5.14. The molecule has 0 aromatic heterocycles. The van der Waals surface area contributed by atoms with Gasteiger partial charge in [-0.05, 0) is 45.6 Å². The maximum atomic E-state index is 11.9. The van der Waals surface area contributed by atoms with Gasteiger partial charge in [0.05, 0.1) is 0 Å². The molecule has 0 radical (unpaired) electrons. The van der Waals surface area contributed by atoms with Crippen molar-refractivity contribution in [3.05, 3.63) is 0 Å². The van der Waals surface area contributed by atoms with Gasteiger partial charge in [0.15, 0.2) is 0 Å². The van der Waals surface area contributed by atoms with Crippen molar-refractivity contribution in [1.82, 2.24) is 10.6 Å². The Balaban J connectivity index is 3.58. The number of rotatable bonds is 20. The van der Waals surface area contributed by atoms with Crippen LogP contribution in [-0.2, 0) is 19.2 Å². The molecule has 2 atom stereocenters. The second-order valence-corrected chi connectivity index (χ2v) is 8.05. The van der Waals surface area contributed by atoms with Gasteiger partial charge in [-0.2, -0.15) is 0 Å². The van der Waals surface area contributed by atoms with Gasteiger partial charge in [0.25, 0.3) is 0 Å². The van der Waals surface area contributed by atoms with E-state index in [0.717, 1.165) is 64.2 Å². The fraction of sp³-hybridized carbons (Fsp3) is 0.818. The van der Waals surface area contributed by atoms with Crippen LogP contribution in [0.25, 0.3) is 0 Å². The van der Waals surface area contributed by atoms with Crippen LogP contribution in [0.2, 0.25) is 0 Å². The molecule has 0 aliphatic heterocycles. The van der Waals surface area contributed by atoms with Crippen LogP contribution in [0.15, 0.2) is 0 Å². The highest BCUT2D eigenvalue weighted by Gasteiger charge is 2.18. The summed E-state index contributed by atoms with van der Waals surface area (Å²) in [6.07, 6.45) is 11.3. The first-order valence-electron chi connectivity index (χ1n) is 11.5. The summed E-state index contributed by atoms with van der Waals surface area (Å²) in [7, 11) is 0. The molecule has 0 aromatic rings. The van der Waals surface area contributed by atoms with E-state index in [1.807, 2.05) is 0 Å². The predicted molar refractivity (Wildman–Crippen MR) is 118 cm³/mol. The molecule has 0 spiro atoms. The molecule has 0 fully saturated rings. The zero-order valence-electron chi connectivity index (χ0n) is 18.9. The molecule has 0 unspecified atom stereocenters. The molecule has 0 bridgehead atoms. The number of nitrogens with one attached hydrogen (secondary N) is 2. The number of aliphatic carboxylic acids is 2. The number of amides is 2. The van der Waals surface area contributed by atoms with E-state index in [9.17, 15) is 19.2 Å². The molecule has 0 aliphatic carbocycles. The van der Waals surface area contributed by atoms with Crippen LogP contribution in [0, 0.1) is 0 Å². The van der Waals surface area contributed by atoms with Gasteiger partial charge in [0.2, 0.25) is 11.8 Å². The third-order valence-electron chi connectivity index (χ3n) is 5.14. The minimum atomic E-state index is -1.03. The van der Waals surface area contributed by atoms with Crippen molar-refractivity contribution >= 4 is 23.8 Å². The van der Waals surface area contributed by atoms with Crippen molar-refractivity contribution in [2.24, 2.45) is 5.73 Å². The summed E-state index contributed by atoms with van der Waals surface area (Å²) in [5.74, 6) is -2.45. The van der Waals surface area contributed by atoms with Crippen molar-refractivity contribution in [1.29, 1.82) is 0 Å². The highest BCUT2D eigenvalue weighted by molar-refractivity contribution is 5.83. The first-order valence-corrected chi connectivity index (χ1v) is 11.5. The molecule has 2 amide bonds. The Labute approximate surface area is 185 Å². The van der Waals surface area contributed by atoms with E-state index in [1.54, 1.807) is 0 Å². The Morgan fingerprint density at radius 1 is 0.677 bits per heavy atom. The number of hydrogen-bond acceptors (Lipinski definition) is 5. The number of carboxylic acids is 2. The number of nitrogens with two attached hydrogens (primary N) is 1. The van der Waals surface area contributed by atoms with Crippen molar-refractivity contribution in [2.75, 3.05) is 6.54 Å². The average molecular weight is 444 g/mol. The first kappa shape index (κ1) is 28.8. The number of hydrogen-bond donors (Lipinski definition) is 5. The van der Waals surface area contributed by atoms with Crippen LogP contribution in [-0.4, -0.2) is 52.6 Å². The van der Waals surface area contributed by atoms with Crippen LogP contribution in [0.5, 0.6) is 0 Å². The van der Waals surface area contributed by atoms with Gasteiger partial charge in [-0.25, -0.2) is 4.79 Å². The van der Waals surface area contributed by atoms with Gasteiger partial charge in [0.1, 0.15) is 12.1 Å². The Hall–Kier alpha value is -2.16. The number of carbonyl (C=O) groups excluding carboxylic acids is 2. The summed E-state index contributed by atoms with van der Waals surface area (Å²) in [6, 6.07) is -1.68.